The molecule has 0 aliphatic carbocycles. The third-order valence-electron chi connectivity index (χ3n) is 10.2. The molecule has 0 saturated heterocycles. The Labute approximate surface area is 352 Å². The van der Waals surface area contributed by atoms with Gasteiger partial charge in [-0.15, -0.1) is 0 Å². The third kappa shape index (κ3) is 6.22. The van der Waals surface area contributed by atoms with Gasteiger partial charge < -0.3 is 39.7 Å². The van der Waals surface area contributed by atoms with Crippen molar-refractivity contribution in [1.29, 1.82) is 0 Å². The summed E-state index contributed by atoms with van der Waals surface area (Å²) in [4.78, 5) is 47.3. The summed E-state index contributed by atoms with van der Waals surface area (Å²) < 4.78 is 7.91. The maximum atomic E-state index is 12.0. The van der Waals surface area contributed by atoms with Gasteiger partial charge in [-0.25, -0.2) is 4.98 Å². The Kier molecular flexibility index (Phi) is 9.37. The van der Waals surface area contributed by atoms with Crippen LogP contribution >= 0.6 is 34.8 Å². The van der Waals surface area contributed by atoms with Crippen LogP contribution in [0.3, 0.4) is 0 Å². The fourth-order valence-electron chi connectivity index (χ4n) is 6.93. The van der Waals surface area contributed by atoms with Crippen LogP contribution < -0.4 is 19.3 Å². The SMILES string of the molecule is C[n+]1c2nc3[n-]c(nc4nc(nc5[n-]c(nc1-c1ccccc1-2)c1c(Cl)c(OCC(C)(C)C(=O)O)c(Cl)c(Cl)c51)-c1ccccc1-4)c1ccc(C(C)(C)C)cc31.[Cu+2]. The van der Waals surface area contributed by atoms with E-state index in [0.717, 1.165) is 38.6 Å². The second kappa shape index (κ2) is 13.8. The first-order chi connectivity index (χ1) is 26.6. The number of rotatable bonds is 4. The Hall–Kier alpha value is -5.10. The zero-order valence-electron chi connectivity index (χ0n) is 31.3. The summed E-state index contributed by atoms with van der Waals surface area (Å²) in [6.45, 7) is 9.34. The van der Waals surface area contributed by atoms with E-state index < -0.39 is 11.4 Å². The molecule has 289 valence electrons. The zero-order chi connectivity index (χ0) is 39.4. The van der Waals surface area contributed by atoms with E-state index in [0.29, 0.717) is 45.4 Å². The van der Waals surface area contributed by atoms with Crippen LogP contribution in [0.1, 0.15) is 40.2 Å². The topological polar surface area (TPSA) is 143 Å². The molecule has 7 aromatic rings. The molecule has 11 nitrogen and oxygen atoms in total. The van der Waals surface area contributed by atoms with Crippen LogP contribution in [-0.4, -0.2) is 42.6 Å². The van der Waals surface area contributed by atoms with E-state index in [-0.39, 0.29) is 61.2 Å². The van der Waals surface area contributed by atoms with Gasteiger partial charge in [-0.3, -0.25) is 9.36 Å². The Bertz CT molecular complexity index is 3050. The van der Waals surface area contributed by atoms with E-state index in [2.05, 4.69) is 32.9 Å². The summed E-state index contributed by atoms with van der Waals surface area (Å²) >= 11 is 21.1. The van der Waals surface area contributed by atoms with Crippen molar-refractivity contribution in [2.45, 2.75) is 40.0 Å². The van der Waals surface area contributed by atoms with E-state index in [4.69, 9.17) is 74.4 Å². The second-order valence-electron chi connectivity index (χ2n) is 15.5. The van der Waals surface area contributed by atoms with Gasteiger partial charge in [0.15, 0.2) is 5.75 Å². The van der Waals surface area contributed by atoms with Crippen LogP contribution in [0.25, 0.3) is 89.7 Å². The quantitative estimate of drug-likeness (QED) is 0.103. The minimum absolute atomic E-state index is 0. The van der Waals surface area contributed by atoms with Gasteiger partial charge >= 0.3 is 23.0 Å². The number of hydrogen-bond acceptors (Lipinski definition) is 7. The van der Waals surface area contributed by atoms with Crippen LogP contribution in [0.5, 0.6) is 5.75 Å². The molecule has 0 atom stereocenters. The van der Waals surface area contributed by atoms with E-state index in [9.17, 15) is 9.90 Å². The first-order valence-corrected chi connectivity index (χ1v) is 18.9. The molecular weight excluding hydrogens is 834 g/mol. The van der Waals surface area contributed by atoms with Crippen molar-refractivity contribution in [3.63, 3.8) is 0 Å². The maximum Gasteiger partial charge on any atom is 2.00 e. The number of fused-ring (bicyclic) bond motifs is 20. The van der Waals surface area contributed by atoms with Gasteiger partial charge in [0.05, 0.1) is 34.2 Å². The van der Waals surface area contributed by atoms with Crippen LogP contribution in [0.2, 0.25) is 15.1 Å². The summed E-state index contributed by atoms with van der Waals surface area (Å²) in [5, 5.41) is 12.2. The predicted octanol–water partition coefficient (Wildman–Crippen LogP) is 9.30. The van der Waals surface area contributed by atoms with Gasteiger partial charge in [0.25, 0.3) is 0 Å². The van der Waals surface area contributed by atoms with Crippen molar-refractivity contribution >= 4 is 84.9 Å². The van der Waals surface area contributed by atoms with Gasteiger partial charge in [0.2, 0.25) is 0 Å². The molecule has 5 heterocycles. The van der Waals surface area contributed by atoms with Crippen molar-refractivity contribution < 1.29 is 36.3 Å². The average molecular weight is 867 g/mol. The summed E-state index contributed by atoms with van der Waals surface area (Å²) in [7, 11) is 1.88. The fourth-order valence-corrected chi connectivity index (χ4v) is 7.81. The summed E-state index contributed by atoms with van der Waals surface area (Å²) in [5.41, 5.74) is 4.19. The first-order valence-electron chi connectivity index (χ1n) is 17.8. The molecule has 57 heavy (non-hydrogen) atoms. The van der Waals surface area contributed by atoms with Crippen molar-refractivity contribution in [2.75, 3.05) is 6.61 Å². The molecule has 1 radical (unpaired) electrons. The van der Waals surface area contributed by atoms with Crippen molar-refractivity contribution in [1.82, 2.24) is 34.9 Å². The van der Waals surface area contributed by atoms with Gasteiger partial charge in [-0.1, -0.05) is 116 Å². The van der Waals surface area contributed by atoms with Crippen LogP contribution in [0.4, 0.5) is 0 Å². The Balaban J connectivity index is 0.00000455. The standard InChI is InChI=1S/C42H33Cl3N8O3.Cu/c1-41(2,3)19-15-16-22-25(17-19)35-48-34(22)47-32-20-11-7-8-12-21(20)33(46-32)49-36-26-27(29(44)31(30(45)28(26)43)56-18-42(4,5)40(54)55)37(50-36)52-39-24-14-10-9-13-23(24)38(51-35)53(39)6;/h7-17H,18H2,1-6H3,(H2,46,47,48,49,50,51,52,54,55);/q;+2/p-1. The summed E-state index contributed by atoms with van der Waals surface area (Å²) in [6, 6.07) is 21.8. The molecule has 3 aromatic heterocycles. The molecule has 0 spiro atoms. The van der Waals surface area contributed by atoms with Gasteiger partial charge in [0, 0.05) is 55.6 Å². The molecule has 9 rings (SSSR count). The maximum absolute atomic E-state index is 12.0. The minimum Gasteiger partial charge on any atom is -0.489 e. The van der Waals surface area contributed by atoms with Crippen LogP contribution in [0, 0.1) is 5.41 Å². The van der Waals surface area contributed by atoms with E-state index >= 15 is 0 Å². The second-order valence-corrected chi connectivity index (χ2v) is 16.7. The number of benzene rings is 4. The molecule has 2 aliphatic heterocycles. The van der Waals surface area contributed by atoms with Gasteiger partial charge in [-0.2, -0.15) is 0 Å². The van der Waals surface area contributed by atoms with Gasteiger partial charge in [0.1, 0.15) is 23.3 Å². The summed E-state index contributed by atoms with van der Waals surface area (Å²) in [5.74, 6) is 0.858. The number of carboxylic acid groups (broad SMARTS) is 1. The monoisotopic (exact) mass is 864 g/mol. The Morgan fingerprint density at radius 2 is 1.19 bits per heavy atom. The van der Waals surface area contributed by atoms with E-state index in [1.165, 1.54) is 13.8 Å². The molecule has 0 saturated carbocycles. The van der Waals surface area contributed by atoms with Crippen LogP contribution in [0.15, 0.2) is 66.7 Å². The average Bonchev–Trinajstić information content (AvgIpc) is 3.88. The Morgan fingerprint density at radius 1 is 0.684 bits per heavy atom. The van der Waals surface area contributed by atoms with Crippen molar-refractivity contribution in [3.8, 4) is 51.3 Å². The number of hydrogen-bond donors (Lipinski definition) is 1. The molecule has 0 fully saturated rings. The fraction of sp³-hybridized carbons (Fsp3) is 0.214. The Morgan fingerprint density at radius 3 is 1.79 bits per heavy atom. The first kappa shape index (κ1) is 38.8. The number of ether oxygens (including phenoxy) is 1. The van der Waals surface area contributed by atoms with Crippen LogP contribution in [-0.2, 0) is 34.3 Å². The van der Waals surface area contributed by atoms with Crippen molar-refractivity contribution in [2.24, 2.45) is 12.5 Å². The summed E-state index contributed by atoms with van der Waals surface area (Å²) in [6.07, 6.45) is 0. The number of carbonyl (C=O) groups is 1. The number of halogens is 3. The van der Waals surface area contributed by atoms with E-state index in [1.807, 2.05) is 66.2 Å². The normalized spacial score (nSPS) is 12.4. The molecule has 1 N–H and O–H groups in total. The number of nitrogens with zero attached hydrogens (tertiary/aromatic N) is 8. The zero-order valence-corrected chi connectivity index (χ0v) is 34.5. The number of aromatic nitrogens is 8. The van der Waals surface area contributed by atoms with Crippen molar-refractivity contribution in [3.05, 3.63) is 87.4 Å². The predicted molar refractivity (Wildman–Crippen MR) is 218 cm³/mol. The minimum atomic E-state index is -1.26. The molecule has 4 aromatic carbocycles. The molecule has 15 heteroatoms. The molecule has 2 aliphatic rings. The molecule has 0 unspecified atom stereocenters. The van der Waals surface area contributed by atoms with E-state index in [1.54, 1.807) is 0 Å². The molecular formula is C42H32Cl3CuN8O3+. The number of aliphatic carboxylic acids is 1. The molecule has 0 amide bonds. The number of carboxylic acids is 1. The third-order valence-corrected chi connectivity index (χ3v) is 11.4. The smallest absolute Gasteiger partial charge is 0.489 e. The van der Waals surface area contributed by atoms with Gasteiger partial charge in [-0.05, 0) is 41.7 Å². The molecule has 8 bridgehead atoms. The largest absolute Gasteiger partial charge is 2.00 e.